The van der Waals surface area contributed by atoms with Crippen molar-refractivity contribution in [3.05, 3.63) is 24.3 Å². The Bertz CT molecular complexity index is 463. The molecule has 1 aromatic carbocycles. The van der Waals surface area contributed by atoms with E-state index in [2.05, 4.69) is 0 Å². The molecule has 0 aromatic heterocycles. The number of likely N-dealkylation sites (tertiary alicyclic amines) is 1. The molecule has 110 valence electrons. The quantitative estimate of drug-likeness (QED) is 0.882. The summed E-state index contributed by atoms with van der Waals surface area (Å²) in [5.74, 6) is 1.41. The first kappa shape index (κ1) is 14.7. The summed E-state index contributed by atoms with van der Waals surface area (Å²) >= 11 is 0. The van der Waals surface area contributed by atoms with Gasteiger partial charge < -0.3 is 19.5 Å². The molecule has 0 aliphatic carbocycles. The SMILES string of the molecule is COc1ccc(OCC(=O)N2CC(O)(C(C)C)C2)cc1. The number of amides is 1. The van der Waals surface area contributed by atoms with Crippen LogP contribution in [-0.2, 0) is 4.79 Å². The zero-order valence-corrected chi connectivity index (χ0v) is 12.1. The van der Waals surface area contributed by atoms with Gasteiger partial charge in [0.1, 0.15) is 17.1 Å². The monoisotopic (exact) mass is 279 g/mol. The van der Waals surface area contributed by atoms with Gasteiger partial charge in [0.2, 0.25) is 0 Å². The first-order valence-corrected chi connectivity index (χ1v) is 6.71. The number of carbonyl (C=O) groups excluding carboxylic acids is 1. The lowest BCUT2D eigenvalue weighted by atomic mass is 9.83. The summed E-state index contributed by atoms with van der Waals surface area (Å²) in [7, 11) is 1.60. The van der Waals surface area contributed by atoms with Crippen molar-refractivity contribution < 1.29 is 19.4 Å². The minimum atomic E-state index is -0.740. The van der Waals surface area contributed by atoms with Gasteiger partial charge in [-0.2, -0.15) is 0 Å². The van der Waals surface area contributed by atoms with Gasteiger partial charge in [0.05, 0.1) is 20.2 Å². The van der Waals surface area contributed by atoms with E-state index in [9.17, 15) is 9.90 Å². The van der Waals surface area contributed by atoms with Crippen LogP contribution in [0.4, 0.5) is 0 Å². The number of carbonyl (C=O) groups is 1. The number of ether oxygens (including phenoxy) is 2. The van der Waals surface area contributed by atoms with E-state index >= 15 is 0 Å². The Balaban J connectivity index is 1.79. The van der Waals surface area contributed by atoms with E-state index in [0.717, 1.165) is 5.75 Å². The van der Waals surface area contributed by atoms with E-state index < -0.39 is 5.60 Å². The van der Waals surface area contributed by atoms with Crippen LogP contribution in [0.5, 0.6) is 11.5 Å². The van der Waals surface area contributed by atoms with Crippen LogP contribution in [-0.4, -0.2) is 48.3 Å². The van der Waals surface area contributed by atoms with Crippen molar-refractivity contribution >= 4 is 5.91 Å². The standard InChI is InChI=1S/C15H21NO4/c1-11(2)15(18)9-16(10-15)14(17)8-20-13-6-4-12(19-3)5-7-13/h4-7,11,18H,8-10H2,1-3H3. The van der Waals surface area contributed by atoms with Gasteiger partial charge in [-0.25, -0.2) is 0 Å². The van der Waals surface area contributed by atoms with Crippen LogP contribution in [0.15, 0.2) is 24.3 Å². The number of methoxy groups -OCH3 is 1. The molecule has 1 heterocycles. The third-order valence-corrected chi connectivity index (χ3v) is 3.78. The number of aliphatic hydroxyl groups is 1. The van der Waals surface area contributed by atoms with Crippen molar-refractivity contribution in [3.8, 4) is 11.5 Å². The molecule has 5 heteroatoms. The molecule has 2 rings (SSSR count). The van der Waals surface area contributed by atoms with E-state index in [1.807, 2.05) is 13.8 Å². The maximum atomic E-state index is 11.9. The van der Waals surface area contributed by atoms with E-state index in [0.29, 0.717) is 18.8 Å². The Morgan fingerprint density at radius 2 is 1.85 bits per heavy atom. The highest BCUT2D eigenvalue weighted by atomic mass is 16.5. The molecule has 1 aliphatic heterocycles. The fourth-order valence-electron chi connectivity index (χ4n) is 2.06. The van der Waals surface area contributed by atoms with Crippen molar-refractivity contribution in [2.45, 2.75) is 19.4 Å². The smallest absolute Gasteiger partial charge is 0.260 e. The summed E-state index contributed by atoms with van der Waals surface area (Å²) < 4.78 is 10.5. The zero-order chi connectivity index (χ0) is 14.8. The average molecular weight is 279 g/mol. The summed E-state index contributed by atoms with van der Waals surface area (Å²) in [5, 5.41) is 10.1. The fourth-order valence-corrected chi connectivity index (χ4v) is 2.06. The fraction of sp³-hybridized carbons (Fsp3) is 0.533. The van der Waals surface area contributed by atoms with Crippen molar-refractivity contribution in [1.29, 1.82) is 0 Å². The lowest BCUT2D eigenvalue weighted by Crippen LogP contribution is -2.66. The topological polar surface area (TPSA) is 59.0 Å². The molecular formula is C15H21NO4. The van der Waals surface area contributed by atoms with Crippen molar-refractivity contribution in [3.63, 3.8) is 0 Å². The third kappa shape index (κ3) is 3.04. The number of hydrogen-bond donors (Lipinski definition) is 1. The first-order valence-electron chi connectivity index (χ1n) is 6.71. The third-order valence-electron chi connectivity index (χ3n) is 3.78. The van der Waals surface area contributed by atoms with Crippen LogP contribution in [0.3, 0.4) is 0 Å². The normalized spacial score (nSPS) is 16.8. The second-order valence-electron chi connectivity index (χ2n) is 5.47. The highest BCUT2D eigenvalue weighted by molar-refractivity contribution is 5.79. The number of nitrogens with zero attached hydrogens (tertiary/aromatic N) is 1. The molecule has 0 radical (unpaired) electrons. The summed E-state index contributed by atoms with van der Waals surface area (Å²) in [6.07, 6.45) is 0. The van der Waals surface area contributed by atoms with Gasteiger partial charge in [-0.05, 0) is 30.2 Å². The van der Waals surface area contributed by atoms with Crippen LogP contribution in [0.2, 0.25) is 0 Å². The van der Waals surface area contributed by atoms with Crippen molar-refractivity contribution in [2.75, 3.05) is 26.8 Å². The Morgan fingerprint density at radius 3 is 2.35 bits per heavy atom. The van der Waals surface area contributed by atoms with Crippen molar-refractivity contribution in [2.24, 2.45) is 5.92 Å². The van der Waals surface area contributed by atoms with Gasteiger partial charge in [-0.15, -0.1) is 0 Å². The molecule has 0 unspecified atom stereocenters. The Morgan fingerprint density at radius 1 is 1.30 bits per heavy atom. The predicted molar refractivity (Wildman–Crippen MR) is 74.9 cm³/mol. The highest BCUT2D eigenvalue weighted by Crippen LogP contribution is 2.28. The summed E-state index contributed by atoms with van der Waals surface area (Å²) in [6, 6.07) is 7.07. The Hall–Kier alpha value is -1.75. The number of benzene rings is 1. The zero-order valence-electron chi connectivity index (χ0n) is 12.1. The van der Waals surface area contributed by atoms with E-state index in [4.69, 9.17) is 9.47 Å². The maximum absolute atomic E-state index is 11.9. The maximum Gasteiger partial charge on any atom is 0.260 e. The predicted octanol–water partition coefficient (Wildman–Crippen LogP) is 1.30. The molecule has 1 fully saturated rings. The lowest BCUT2D eigenvalue weighted by molar-refractivity contribution is -0.165. The van der Waals surface area contributed by atoms with Gasteiger partial charge in [0.25, 0.3) is 5.91 Å². The first-order chi connectivity index (χ1) is 9.44. The van der Waals surface area contributed by atoms with Crippen LogP contribution < -0.4 is 9.47 Å². The molecule has 0 atom stereocenters. The molecule has 0 bridgehead atoms. The Labute approximate surface area is 119 Å². The van der Waals surface area contributed by atoms with Gasteiger partial charge in [0.15, 0.2) is 6.61 Å². The summed E-state index contributed by atoms with van der Waals surface area (Å²) in [5.41, 5.74) is -0.740. The van der Waals surface area contributed by atoms with Gasteiger partial charge in [-0.1, -0.05) is 13.8 Å². The molecule has 0 saturated carbocycles. The molecule has 1 amide bonds. The molecule has 1 N–H and O–H groups in total. The van der Waals surface area contributed by atoms with Gasteiger partial charge >= 0.3 is 0 Å². The summed E-state index contributed by atoms with van der Waals surface area (Å²) in [6.45, 7) is 4.66. The van der Waals surface area contributed by atoms with Crippen molar-refractivity contribution in [1.82, 2.24) is 4.90 Å². The lowest BCUT2D eigenvalue weighted by Gasteiger charge is -2.48. The largest absolute Gasteiger partial charge is 0.497 e. The van der Waals surface area contributed by atoms with E-state index in [1.165, 1.54) is 0 Å². The minimum Gasteiger partial charge on any atom is -0.497 e. The molecule has 20 heavy (non-hydrogen) atoms. The summed E-state index contributed by atoms with van der Waals surface area (Å²) in [4.78, 5) is 13.5. The minimum absolute atomic E-state index is 0.0134. The van der Waals surface area contributed by atoms with Crippen LogP contribution in [0, 0.1) is 5.92 Å². The average Bonchev–Trinajstić information content (AvgIpc) is 2.41. The van der Waals surface area contributed by atoms with Gasteiger partial charge in [0, 0.05) is 0 Å². The van der Waals surface area contributed by atoms with Crippen LogP contribution >= 0.6 is 0 Å². The number of hydrogen-bond acceptors (Lipinski definition) is 4. The Kier molecular flexibility index (Phi) is 4.18. The highest BCUT2D eigenvalue weighted by Gasteiger charge is 2.45. The number of rotatable bonds is 5. The molecule has 1 aliphatic rings. The molecule has 0 spiro atoms. The van der Waals surface area contributed by atoms with Gasteiger partial charge in [-0.3, -0.25) is 4.79 Å². The molecular weight excluding hydrogens is 258 g/mol. The molecule has 1 saturated heterocycles. The second kappa shape index (κ2) is 5.71. The second-order valence-corrected chi connectivity index (χ2v) is 5.47. The van der Waals surface area contributed by atoms with Crippen LogP contribution in [0.1, 0.15) is 13.8 Å². The van der Waals surface area contributed by atoms with Crippen LogP contribution in [0.25, 0.3) is 0 Å². The molecule has 5 nitrogen and oxygen atoms in total. The number of β-amino-alcohol motifs (C(OH)–C–C–N with tert-alkyl or cyclic N) is 1. The molecule has 1 aromatic rings. The van der Waals surface area contributed by atoms with E-state index in [-0.39, 0.29) is 18.4 Å². The van der Waals surface area contributed by atoms with E-state index in [1.54, 1.807) is 36.3 Å².